The van der Waals surface area contributed by atoms with Crippen LogP contribution in [0.25, 0.3) is 0 Å². The first-order valence-electron chi connectivity index (χ1n) is 7.46. The minimum absolute atomic E-state index is 0.113. The Bertz CT molecular complexity index is 195. The summed E-state index contributed by atoms with van der Waals surface area (Å²) in [5, 5.41) is 0. The molecule has 0 N–H and O–H groups in total. The maximum absolute atomic E-state index is 11.0. The molecular weight excluding hydrogens is 226 g/mol. The zero-order valence-corrected chi connectivity index (χ0v) is 12.5. The van der Waals surface area contributed by atoms with Gasteiger partial charge in [0.1, 0.15) is 0 Å². The van der Waals surface area contributed by atoms with Gasteiger partial charge in [0.15, 0.2) is 0 Å². The van der Waals surface area contributed by atoms with Crippen LogP contribution in [0.5, 0.6) is 0 Å². The van der Waals surface area contributed by atoms with Gasteiger partial charge in [0.2, 0.25) is 0 Å². The van der Waals surface area contributed by atoms with Crippen LogP contribution in [0.4, 0.5) is 0 Å². The van der Waals surface area contributed by atoms with Crippen molar-refractivity contribution in [2.75, 3.05) is 27.2 Å². The molecule has 0 aliphatic heterocycles. The van der Waals surface area contributed by atoms with Gasteiger partial charge in [-0.15, -0.1) is 0 Å². The van der Waals surface area contributed by atoms with Gasteiger partial charge < -0.3 is 9.64 Å². The lowest BCUT2D eigenvalue weighted by Gasteiger charge is -2.15. The van der Waals surface area contributed by atoms with E-state index in [1.165, 1.54) is 58.5 Å². The molecule has 0 heterocycles. The fraction of sp³-hybridized carbons (Fsp3) is 0.933. The monoisotopic (exact) mass is 257 g/mol. The molecule has 18 heavy (non-hydrogen) atoms. The largest absolute Gasteiger partial charge is 0.469 e. The van der Waals surface area contributed by atoms with Gasteiger partial charge in [0.05, 0.1) is 13.5 Å². The van der Waals surface area contributed by atoms with Gasteiger partial charge in [-0.1, -0.05) is 51.9 Å². The van der Waals surface area contributed by atoms with Gasteiger partial charge >= 0.3 is 5.97 Å². The molecule has 0 aromatic heterocycles. The highest BCUT2D eigenvalue weighted by atomic mass is 16.5. The van der Waals surface area contributed by atoms with Crippen molar-refractivity contribution < 1.29 is 9.53 Å². The summed E-state index contributed by atoms with van der Waals surface area (Å²) in [6.45, 7) is 4.15. The summed E-state index contributed by atoms with van der Waals surface area (Å²) < 4.78 is 4.62. The number of unbranched alkanes of at least 4 members (excludes halogenated alkanes) is 7. The van der Waals surface area contributed by atoms with Crippen LogP contribution in [0, 0.1) is 0 Å². The molecule has 0 aromatic carbocycles. The first-order chi connectivity index (χ1) is 8.70. The normalized spacial score (nSPS) is 10.9. The van der Waals surface area contributed by atoms with Crippen molar-refractivity contribution >= 4 is 5.97 Å². The summed E-state index contributed by atoms with van der Waals surface area (Å²) >= 11 is 0. The zero-order valence-electron chi connectivity index (χ0n) is 12.5. The van der Waals surface area contributed by atoms with Crippen LogP contribution in [0.15, 0.2) is 0 Å². The molecule has 0 radical (unpaired) electrons. The molecule has 0 bridgehead atoms. The average molecular weight is 257 g/mol. The number of methoxy groups -OCH3 is 1. The van der Waals surface area contributed by atoms with Gasteiger partial charge in [-0.2, -0.15) is 0 Å². The number of ether oxygens (including phenoxy) is 1. The van der Waals surface area contributed by atoms with Crippen LogP contribution in [0.3, 0.4) is 0 Å². The molecule has 0 rings (SSSR count). The molecular formula is C15H31NO2. The second-order valence-electron chi connectivity index (χ2n) is 5.10. The Balaban J connectivity index is 3.20. The van der Waals surface area contributed by atoms with Crippen molar-refractivity contribution in [1.82, 2.24) is 4.90 Å². The molecule has 0 aliphatic carbocycles. The second kappa shape index (κ2) is 12.9. The number of nitrogens with zero attached hydrogens (tertiary/aromatic N) is 1. The lowest BCUT2D eigenvalue weighted by atomic mass is 10.1. The van der Waals surface area contributed by atoms with E-state index in [1.54, 1.807) is 0 Å². The third-order valence-electron chi connectivity index (χ3n) is 3.32. The number of hydrogen-bond donors (Lipinski definition) is 0. The molecule has 0 saturated carbocycles. The van der Waals surface area contributed by atoms with E-state index in [9.17, 15) is 4.79 Å². The minimum Gasteiger partial charge on any atom is -0.469 e. The highest BCUT2D eigenvalue weighted by Crippen LogP contribution is 2.08. The maximum Gasteiger partial charge on any atom is 0.306 e. The first kappa shape index (κ1) is 17.4. The lowest BCUT2D eigenvalue weighted by molar-refractivity contribution is -0.140. The van der Waals surface area contributed by atoms with Crippen LogP contribution in [0.1, 0.15) is 64.7 Å². The third-order valence-corrected chi connectivity index (χ3v) is 3.32. The van der Waals surface area contributed by atoms with E-state index < -0.39 is 0 Å². The van der Waals surface area contributed by atoms with E-state index in [0.29, 0.717) is 6.42 Å². The van der Waals surface area contributed by atoms with Gasteiger partial charge in [-0.25, -0.2) is 0 Å². The second-order valence-corrected chi connectivity index (χ2v) is 5.10. The van der Waals surface area contributed by atoms with Crippen molar-refractivity contribution in [3.63, 3.8) is 0 Å². The summed E-state index contributed by atoms with van der Waals surface area (Å²) in [5.41, 5.74) is 0. The summed E-state index contributed by atoms with van der Waals surface area (Å²) in [5.74, 6) is -0.113. The van der Waals surface area contributed by atoms with Crippen molar-refractivity contribution in [1.29, 1.82) is 0 Å². The Morgan fingerprint density at radius 3 is 2.06 bits per heavy atom. The number of rotatable bonds is 12. The molecule has 0 spiro atoms. The molecule has 3 heteroatoms. The Kier molecular flexibility index (Phi) is 12.5. The molecule has 0 unspecified atom stereocenters. The Hall–Kier alpha value is -0.570. The number of carbonyl (C=O) groups is 1. The van der Waals surface area contributed by atoms with Crippen molar-refractivity contribution in [2.45, 2.75) is 64.7 Å². The number of carbonyl (C=O) groups excluding carboxylic acids is 1. The maximum atomic E-state index is 11.0. The predicted molar refractivity (Wildman–Crippen MR) is 76.7 cm³/mol. The molecule has 108 valence electrons. The molecule has 0 aromatic rings. The van der Waals surface area contributed by atoms with Crippen LogP contribution in [0.2, 0.25) is 0 Å². The smallest absolute Gasteiger partial charge is 0.306 e. The van der Waals surface area contributed by atoms with E-state index >= 15 is 0 Å². The van der Waals surface area contributed by atoms with Crippen LogP contribution < -0.4 is 0 Å². The minimum atomic E-state index is -0.113. The molecule has 0 fully saturated rings. The van der Waals surface area contributed by atoms with E-state index in [1.807, 2.05) is 0 Å². The highest BCUT2D eigenvalue weighted by Gasteiger charge is 2.03. The van der Waals surface area contributed by atoms with E-state index in [-0.39, 0.29) is 5.97 Å². The summed E-state index contributed by atoms with van der Waals surface area (Å²) in [4.78, 5) is 13.2. The van der Waals surface area contributed by atoms with Gasteiger partial charge in [-0.05, 0) is 20.0 Å². The third kappa shape index (κ3) is 11.9. The molecule has 3 nitrogen and oxygen atoms in total. The van der Waals surface area contributed by atoms with Gasteiger partial charge in [0.25, 0.3) is 0 Å². The quantitative estimate of drug-likeness (QED) is 0.395. The summed E-state index contributed by atoms with van der Waals surface area (Å²) in [6, 6.07) is 0. The zero-order chi connectivity index (χ0) is 13.6. The van der Waals surface area contributed by atoms with Crippen LogP contribution in [-0.2, 0) is 9.53 Å². The van der Waals surface area contributed by atoms with E-state index in [4.69, 9.17) is 0 Å². The average Bonchev–Trinajstić information content (AvgIpc) is 2.39. The van der Waals surface area contributed by atoms with Crippen LogP contribution >= 0.6 is 0 Å². The topological polar surface area (TPSA) is 29.5 Å². The summed E-state index contributed by atoms with van der Waals surface area (Å²) in [7, 11) is 3.52. The van der Waals surface area contributed by atoms with Gasteiger partial charge in [0, 0.05) is 6.54 Å². The van der Waals surface area contributed by atoms with E-state index in [0.717, 1.165) is 13.1 Å². The number of hydrogen-bond acceptors (Lipinski definition) is 3. The predicted octanol–water partition coefficient (Wildman–Crippen LogP) is 3.62. The Morgan fingerprint density at radius 1 is 0.944 bits per heavy atom. The Labute approximate surface area is 113 Å². The van der Waals surface area contributed by atoms with Crippen molar-refractivity contribution in [3.05, 3.63) is 0 Å². The first-order valence-corrected chi connectivity index (χ1v) is 7.46. The van der Waals surface area contributed by atoms with Crippen molar-refractivity contribution in [3.8, 4) is 0 Å². The van der Waals surface area contributed by atoms with Crippen LogP contribution in [-0.4, -0.2) is 38.1 Å². The molecule has 0 saturated heterocycles. The molecule has 0 aliphatic rings. The van der Waals surface area contributed by atoms with E-state index in [2.05, 4.69) is 23.6 Å². The summed E-state index contributed by atoms with van der Waals surface area (Å²) in [6.07, 6.45) is 11.3. The fourth-order valence-electron chi connectivity index (χ4n) is 2.01. The SMILES string of the molecule is CCCCCCCCCCN(C)CCC(=O)OC. The Morgan fingerprint density at radius 2 is 1.50 bits per heavy atom. The van der Waals surface area contributed by atoms with Crippen molar-refractivity contribution in [2.24, 2.45) is 0 Å². The molecule has 0 amide bonds. The van der Waals surface area contributed by atoms with Gasteiger partial charge in [-0.3, -0.25) is 4.79 Å². The fourth-order valence-corrected chi connectivity index (χ4v) is 2.01. The standard InChI is InChI=1S/C15H31NO2/c1-4-5-6-7-8-9-10-11-13-16(2)14-12-15(17)18-3/h4-14H2,1-3H3. The molecule has 0 atom stereocenters. The number of esters is 1. The lowest BCUT2D eigenvalue weighted by Crippen LogP contribution is -2.23. The highest BCUT2D eigenvalue weighted by molar-refractivity contribution is 5.69.